The van der Waals surface area contributed by atoms with Gasteiger partial charge in [0.1, 0.15) is 11.5 Å². The molecule has 0 aliphatic rings. The van der Waals surface area contributed by atoms with Crippen molar-refractivity contribution in [3.05, 3.63) is 45.5 Å². The molecular weight excluding hydrogens is 420 g/mol. The third-order valence-electron chi connectivity index (χ3n) is 7.54. The van der Waals surface area contributed by atoms with Crippen LogP contribution in [0.5, 0.6) is 11.5 Å². The number of aryl methyl sites for hydroxylation is 2. The summed E-state index contributed by atoms with van der Waals surface area (Å²) >= 11 is 0. The summed E-state index contributed by atoms with van der Waals surface area (Å²) in [6.45, 7) is 31.2. The van der Waals surface area contributed by atoms with Crippen LogP contribution in [-0.2, 0) is 11.8 Å². The Bertz CT molecular complexity index is 1030. The second kappa shape index (κ2) is 9.13. The highest BCUT2D eigenvalue weighted by molar-refractivity contribution is 6.74. The second-order valence-corrected chi connectivity index (χ2v) is 17.7. The smallest absolute Gasteiger partial charge is 0.250 e. The zero-order valence-electron chi connectivity index (χ0n) is 23.8. The monoisotopic (exact) mass is 468 g/mol. The van der Waals surface area contributed by atoms with E-state index >= 15 is 0 Å². The van der Waals surface area contributed by atoms with Crippen LogP contribution in [0.4, 0.5) is 0 Å². The molecule has 0 atom stereocenters. The van der Waals surface area contributed by atoms with E-state index in [4.69, 9.17) is 4.43 Å². The van der Waals surface area contributed by atoms with Gasteiger partial charge < -0.3 is 9.53 Å². The molecule has 0 saturated heterocycles. The Morgan fingerprint density at radius 2 is 1.33 bits per heavy atom. The fourth-order valence-corrected chi connectivity index (χ4v) is 5.21. The highest BCUT2D eigenvalue weighted by atomic mass is 28.4. The van der Waals surface area contributed by atoms with Gasteiger partial charge in [0.25, 0.3) is 8.32 Å². The minimum absolute atomic E-state index is 0.0818. The van der Waals surface area contributed by atoms with Crippen LogP contribution >= 0.6 is 0 Å². The molecule has 184 valence electrons. The van der Waals surface area contributed by atoms with E-state index in [1.54, 1.807) is 0 Å². The third kappa shape index (κ3) is 5.50. The van der Waals surface area contributed by atoms with Gasteiger partial charge in [0.05, 0.1) is 0 Å². The maximum Gasteiger partial charge on any atom is 0.250 e. The minimum Gasteiger partial charge on any atom is -0.543 e. The Hall–Kier alpha value is -1.74. The van der Waals surface area contributed by atoms with Gasteiger partial charge in [0.2, 0.25) is 0 Å². The van der Waals surface area contributed by atoms with Gasteiger partial charge in [0.15, 0.2) is 0 Å². The van der Waals surface area contributed by atoms with Crippen molar-refractivity contribution < 1.29 is 9.53 Å². The van der Waals surface area contributed by atoms with Gasteiger partial charge in [-0.25, -0.2) is 0 Å². The van der Waals surface area contributed by atoms with Gasteiger partial charge in [-0.15, -0.1) is 0 Å². The molecule has 2 aromatic rings. The van der Waals surface area contributed by atoms with E-state index < -0.39 is 8.32 Å². The molecule has 0 unspecified atom stereocenters. The first-order valence-electron chi connectivity index (χ1n) is 12.5. The molecule has 0 heterocycles. The van der Waals surface area contributed by atoms with Crippen LogP contribution in [-0.4, -0.2) is 13.4 Å². The zero-order chi connectivity index (χ0) is 25.7. The van der Waals surface area contributed by atoms with Crippen molar-refractivity contribution in [1.29, 1.82) is 0 Å². The van der Waals surface area contributed by atoms with E-state index in [9.17, 15) is 5.11 Å². The van der Waals surface area contributed by atoms with Crippen molar-refractivity contribution in [1.82, 2.24) is 0 Å². The highest BCUT2D eigenvalue weighted by Crippen LogP contribution is 2.50. The lowest BCUT2D eigenvalue weighted by Gasteiger charge is -2.38. The number of rotatable bonds is 5. The molecule has 0 spiro atoms. The largest absolute Gasteiger partial charge is 0.543 e. The van der Waals surface area contributed by atoms with E-state index in [-0.39, 0.29) is 10.5 Å². The lowest BCUT2D eigenvalue weighted by molar-refractivity contribution is 0.446. The van der Waals surface area contributed by atoms with E-state index in [0.29, 0.717) is 11.7 Å². The molecule has 0 bridgehead atoms. The fraction of sp³-hybridized carbons (Fsp3) is 0.600. The second-order valence-electron chi connectivity index (χ2n) is 13.0. The molecule has 33 heavy (non-hydrogen) atoms. The van der Waals surface area contributed by atoms with Crippen LogP contribution in [0.25, 0.3) is 11.1 Å². The van der Waals surface area contributed by atoms with Crippen LogP contribution in [0.2, 0.25) is 18.1 Å². The summed E-state index contributed by atoms with van der Waals surface area (Å²) < 4.78 is 7.12. The van der Waals surface area contributed by atoms with Gasteiger partial charge in [-0.3, -0.25) is 0 Å². The van der Waals surface area contributed by atoms with Crippen molar-refractivity contribution in [2.75, 3.05) is 0 Å². The van der Waals surface area contributed by atoms with E-state index in [2.05, 4.69) is 108 Å². The first-order chi connectivity index (χ1) is 14.8. The molecule has 2 rings (SSSR count). The van der Waals surface area contributed by atoms with Gasteiger partial charge in [-0.2, -0.15) is 0 Å². The summed E-state index contributed by atoms with van der Waals surface area (Å²) in [5.41, 5.74) is 8.90. The summed E-state index contributed by atoms with van der Waals surface area (Å²) in [6, 6.07) is 4.47. The van der Waals surface area contributed by atoms with E-state index in [0.717, 1.165) is 34.4 Å². The van der Waals surface area contributed by atoms with E-state index in [1.807, 2.05) is 0 Å². The highest BCUT2D eigenvalue weighted by Gasteiger charge is 2.40. The summed E-state index contributed by atoms with van der Waals surface area (Å²) in [6.07, 6.45) is 0.954. The number of phenolic OH excluding ortho intramolecular Hbond substituents is 1. The molecule has 3 heteroatoms. The zero-order valence-corrected chi connectivity index (χ0v) is 24.8. The third-order valence-corrected chi connectivity index (χ3v) is 11.9. The number of benzene rings is 2. The lowest BCUT2D eigenvalue weighted by Crippen LogP contribution is -2.44. The fourth-order valence-electron chi connectivity index (χ4n) is 4.16. The van der Waals surface area contributed by atoms with Gasteiger partial charge in [-0.05, 0) is 91.4 Å². The predicted octanol–water partition coefficient (Wildman–Crippen LogP) is 9.17. The molecule has 0 aromatic heterocycles. The van der Waals surface area contributed by atoms with Gasteiger partial charge in [-0.1, -0.05) is 67.5 Å². The van der Waals surface area contributed by atoms with E-state index in [1.165, 1.54) is 22.3 Å². The van der Waals surface area contributed by atoms with Gasteiger partial charge in [0, 0.05) is 16.7 Å². The summed E-state index contributed by atoms with van der Waals surface area (Å²) in [5, 5.41) is 11.8. The SMILES string of the molecule is Cc1cc(C(C)(C)C)c(O)c(-c2c(C)c(C)cc(CC(C)C)c2O[Si](C)(C)C(C)(C)C)c1C. The Morgan fingerprint density at radius 3 is 1.79 bits per heavy atom. The number of hydrogen-bond donors (Lipinski definition) is 1. The predicted molar refractivity (Wildman–Crippen MR) is 148 cm³/mol. The summed E-state index contributed by atoms with van der Waals surface area (Å²) in [4.78, 5) is 0. The number of phenols is 1. The molecule has 0 radical (unpaired) electrons. The first kappa shape index (κ1) is 27.5. The van der Waals surface area contributed by atoms with Crippen molar-refractivity contribution in [3.8, 4) is 22.6 Å². The van der Waals surface area contributed by atoms with Crippen LogP contribution in [0.15, 0.2) is 12.1 Å². The van der Waals surface area contributed by atoms with Gasteiger partial charge >= 0.3 is 0 Å². The lowest BCUT2D eigenvalue weighted by atomic mass is 9.80. The average Bonchev–Trinajstić information content (AvgIpc) is 2.62. The van der Waals surface area contributed by atoms with Crippen LogP contribution < -0.4 is 4.43 Å². The molecular formula is C30H48O2Si. The molecule has 2 nitrogen and oxygen atoms in total. The average molecular weight is 469 g/mol. The first-order valence-corrected chi connectivity index (χ1v) is 15.4. The van der Waals surface area contributed by atoms with Crippen LogP contribution in [0, 0.1) is 33.6 Å². The van der Waals surface area contributed by atoms with Crippen molar-refractivity contribution >= 4 is 8.32 Å². The topological polar surface area (TPSA) is 29.5 Å². The Kier molecular flexibility index (Phi) is 7.61. The molecule has 0 amide bonds. The molecule has 0 fully saturated rings. The minimum atomic E-state index is -2.11. The standard InChI is InChI=1S/C30H48O2Si/c1-18(2)15-23-16-19(3)22(6)26(28(23)32-33(13,14)30(10,11)12)25-21(5)20(4)17-24(27(25)31)29(7,8)9/h16-18,31H,15H2,1-14H3. The molecule has 0 aliphatic heterocycles. The maximum absolute atomic E-state index is 11.7. The molecule has 1 N–H and O–H groups in total. The number of hydrogen-bond acceptors (Lipinski definition) is 2. The summed E-state index contributed by atoms with van der Waals surface area (Å²) in [5.74, 6) is 1.90. The molecule has 0 aliphatic carbocycles. The van der Waals surface area contributed by atoms with Crippen molar-refractivity contribution in [2.24, 2.45) is 5.92 Å². The normalized spacial score (nSPS) is 13.1. The Balaban J connectivity index is 3.06. The quantitative estimate of drug-likeness (QED) is 0.443. The Morgan fingerprint density at radius 1 is 0.848 bits per heavy atom. The van der Waals surface area contributed by atoms with Crippen LogP contribution in [0.3, 0.4) is 0 Å². The molecule has 0 saturated carbocycles. The van der Waals surface area contributed by atoms with Crippen molar-refractivity contribution in [3.63, 3.8) is 0 Å². The Labute approximate surface area is 204 Å². The molecule has 2 aromatic carbocycles. The number of aromatic hydroxyl groups is 1. The maximum atomic E-state index is 11.7. The van der Waals surface area contributed by atoms with Crippen molar-refractivity contribution in [2.45, 2.75) is 113 Å². The van der Waals surface area contributed by atoms with Crippen LogP contribution in [0.1, 0.15) is 88.8 Å². The summed E-state index contributed by atoms with van der Waals surface area (Å²) in [7, 11) is -2.11.